The van der Waals surface area contributed by atoms with Gasteiger partial charge in [-0.15, -0.1) is 0 Å². The number of hydrogen-bond donors (Lipinski definition) is 1. The Hall–Kier alpha value is -2.73. The molecule has 2 unspecified atom stereocenters. The molecule has 1 aliphatic rings. The third-order valence-electron chi connectivity index (χ3n) is 5.93. The van der Waals surface area contributed by atoms with Crippen molar-refractivity contribution in [3.05, 3.63) is 77.0 Å². The minimum Gasteiger partial charge on any atom is -0.352 e. The highest BCUT2D eigenvalue weighted by Crippen LogP contribution is 2.41. The molecular weight excluding hydrogens is 390 g/mol. The van der Waals surface area contributed by atoms with Crippen LogP contribution in [-0.2, 0) is 0 Å². The summed E-state index contributed by atoms with van der Waals surface area (Å²) in [5.41, 5.74) is 5.83. The van der Waals surface area contributed by atoms with Crippen molar-refractivity contribution >= 4 is 17.3 Å². The first-order valence-corrected chi connectivity index (χ1v) is 11.0. The molecular formula is C24H29N5S. The van der Waals surface area contributed by atoms with Crippen LogP contribution < -0.4 is 5.32 Å². The average Bonchev–Trinajstić information content (AvgIpc) is 3.23. The second kappa shape index (κ2) is 8.56. The fourth-order valence-electron chi connectivity index (χ4n) is 4.44. The van der Waals surface area contributed by atoms with E-state index in [9.17, 15) is 0 Å². The van der Waals surface area contributed by atoms with E-state index in [1.165, 1.54) is 17.0 Å². The number of unbranched alkanes of at least 4 members (excludes halogenated alkanes) is 1. The Morgan fingerprint density at radius 3 is 2.57 bits per heavy atom. The van der Waals surface area contributed by atoms with Crippen molar-refractivity contribution in [3.63, 3.8) is 0 Å². The van der Waals surface area contributed by atoms with Crippen LogP contribution in [0, 0.1) is 20.8 Å². The van der Waals surface area contributed by atoms with Gasteiger partial charge in [0.25, 0.3) is 0 Å². The molecule has 0 spiro atoms. The number of nitrogens with zero attached hydrogens (tertiary/aromatic N) is 4. The smallest absolute Gasteiger partial charge is 0.170 e. The lowest BCUT2D eigenvalue weighted by atomic mass is 9.96. The van der Waals surface area contributed by atoms with Gasteiger partial charge in [0.2, 0.25) is 0 Å². The molecule has 0 bridgehead atoms. The van der Waals surface area contributed by atoms with E-state index in [4.69, 9.17) is 12.2 Å². The van der Waals surface area contributed by atoms with Gasteiger partial charge < -0.3 is 14.8 Å². The normalized spacial score (nSPS) is 18.7. The van der Waals surface area contributed by atoms with Gasteiger partial charge in [0, 0.05) is 30.3 Å². The molecule has 1 aliphatic heterocycles. The number of thiocarbonyl (C=S) groups is 1. The number of aryl methyl sites for hydroxylation is 2. The Morgan fingerprint density at radius 1 is 1.07 bits per heavy atom. The van der Waals surface area contributed by atoms with Gasteiger partial charge in [-0.1, -0.05) is 25.5 Å². The van der Waals surface area contributed by atoms with Crippen molar-refractivity contribution in [3.8, 4) is 5.82 Å². The average molecular weight is 420 g/mol. The van der Waals surface area contributed by atoms with Gasteiger partial charge in [0.05, 0.1) is 17.8 Å². The van der Waals surface area contributed by atoms with E-state index in [-0.39, 0.29) is 12.1 Å². The van der Waals surface area contributed by atoms with E-state index in [0.29, 0.717) is 0 Å². The Balaban J connectivity index is 1.83. The number of pyridine rings is 2. The number of aromatic nitrogens is 3. The van der Waals surface area contributed by atoms with Crippen LogP contribution in [0.3, 0.4) is 0 Å². The van der Waals surface area contributed by atoms with Crippen LogP contribution in [-0.4, -0.2) is 31.1 Å². The summed E-state index contributed by atoms with van der Waals surface area (Å²) < 4.78 is 2.26. The topological polar surface area (TPSA) is 46.0 Å². The second-order valence-electron chi connectivity index (χ2n) is 7.98. The summed E-state index contributed by atoms with van der Waals surface area (Å²) in [4.78, 5) is 11.7. The summed E-state index contributed by atoms with van der Waals surface area (Å²) in [6, 6.07) is 12.6. The largest absolute Gasteiger partial charge is 0.352 e. The highest BCUT2D eigenvalue weighted by Gasteiger charge is 2.41. The van der Waals surface area contributed by atoms with E-state index in [1.807, 2.05) is 30.6 Å². The Morgan fingerprint density at radius 2 is 1.87 bits per heavy atom. The van der Waals surface area contributed by atoms with Crippen molar-refractivity contribution in [1.29, 1.82) is 0 Å². The van der Waals surface area contributed by atoms with Crippen LogP contribution in [0.5, 0.6) is 0 Å². The molecule has 1 fully saturated rings. The van der Waals surface area contributed by atoms with Gasteiger partial charge in [0.15, 0.2) is 5.11 Å². The van der Waals surface area contributed by atoms with E-state index >= 15 is 0 Å². The highest BCUT2D eigenvalue weighted by molar-refractivity contribution is 7.80. The molecule has 0 aromatic carbocycles. The molecule has 4 heterocycles. The molecule has 4 rings (SSSR count). The molecule has 0 radical (unpaired) electrons. The Labute approximate surface area is 184 Å². The van der Waals surface area contributed by atoms with Crippen molar-refractivity contribution in [2.75, 3.05) is 6.54 Å². The van der Waals surface area contributed by atoms with Gasteiger partial charge in [-0.3, -0.25) is 4.98 Å². The summed E-state index contributed by atoms with van der Waals surface area (Å²) in [5, 5.41) is 4.36. The quantitative estimate of drug-likeness (QED) is 0.572. The van der Waals surface area contributed by atoms with Gasteiger partial charge in [-0.2, -0.15) is 0 Å². The minimum absolute atomic E-state index is 0.0225. The summed E-state index contributed by atoms with van der Waals surface area (Å²) in [5.74, 6) is 0.988. The van der Waals surface area contributed by atoms with Gasteiger partial charge in [0.1, 0.15) is 5.82 Å². The third-order valence-corrected chi connectivity index (χ3v) is 6.29. The van der Waals surface area contributed by atoms with Crippen LogP contribution in [0.1, 0.15) is 60.1 Å². The number of hydrogen-bond acceptors (Lipinski definition) is 3. The van der Waals surface area contributed by atoms with Crippen molar-refractivity contribution in [1.82, 2.24) is 24.8 Å². The molecule has 0 aliphatic carbocycles. The maximum Gasteiger partial charge on any atom is 0.170 e. The highest BCUT2D eigenvalue weighted by atomic mass is 32.1. The lowest BCUT2D eigenvalue weighted by molar-refractivity contribution is 0.312. The van der Waals surface area contributed by atoms with E-state index in [0.717, 1.165) is 41.6 Å². The number of rotatable bonds is 6. The van der Waals surface area contributed by atoms with Crippen LogP contribution in [0.2, 0.25) is 0 Å². The van der Waals surface area contributed by atoms with Crippen molar-refractivity contribution in [2.24, 2.45) is 0 Å². The molecule has 1 saturated heterocycles. The Bertz CT molecular complexity index is 1040. The van der Waals surface area contributed by atoms with Gasteiger partial charge >= 0.3 is 0 Å². The summed E-state index contributed by atoms with van der Waals surface area (Å²) in [7, 11) is 0. The SMILES string of the molecule is CCCCN1C(=S)NC(c2ccccn2)C1c1cc(C)n(-c2ncccc2C)c1C. The van der Waals surface area contributed by atoms with Crippen LogP contribution >= 0.6 is 12.2 Å². The van der Waals surface area contributed by atoms with Gasteiger partial charge in [-0.05, 0) is 74.8 Å². The van der Waals surface area contributed by atoms with Crippen molar-refractivity contribution in [2.45, 2.75) is 52.6 Å². The lowest BCUT2D eigenvalue weighted by Gasteiger charge is -2.28. The first-order valence-electron chi connectivity index (χ1n) is 10.6. The zero-order chi connectivity index (χ0) is 21.3. The Kier molecular flexibility index (Phi) is 5.86. The predicted molar refractivity (Wildman–Crippen MR) is 125 cm³/mol. The first-order chi connectivity index (χ1) is 14.5. The molecule has 0 amide bonds. The van der Waals surface area contributed by atoms with Crippen LogP contribution in [0.4, 0.5) is 0 Å². The number of nitrogens with one attached hydrogen (secondary N) is 1. The molecule has 6 heteroatoms. The summed E-state index contributed by atoms with van der Waals surface area (Å²) in [6.07, 6.45) is 5.95. The molecule has 0 saturated carbocycles. The fourth-order valence-corrected chi connectivity index (χ4v) is 4.77. The summed E-state index contributed by atoms with van der Waals surface area (Å²) >= 11 is 5.77. The predicted octanol–water partition coefficient (Wildman–Crippen LogP) is 4.97. The zero-order valence-electron chi connectivity index (χ0n) is 18.1. The molecule has 3 aromatic rings. The molecule has 1 N–H and O–H groups in total. The van der Waals surface area contributed by atoms with Crippen molar-refractivity contribution < 1.29 is 0 Å². The lowest BCUT2D eigenvalue weighted by Crippen LogP contribution is -2.30. The van der Waals surface area contributed by atoms with E-state index in [2.05, 4.69) is 70.6 Å². The molecule has 2 atom stereocenters. The monoisotopic (exact) mass is 419 g/mol. The molecule has 3 aromatic heterocycles. The minimum atomic E-state index is 0.0225. The zero-order valence-corrected chi connectivity index (χ0v) is 18.9. The molecule has 156 valence electrons. The second-order valence-corrected chi connectivity index (χ2v) is 8.37. The van der Waals surface area contributed by atoms with E-state index < -0.39 is 0 Å². The van der Waals surface area contributed by atoms with Crippen LogP contribution in [0.25, 0.3) is 5.82 Å². The molecule has 5 nitrogen and oxygen atoms in total. The van der Waals surface area contributed by atoms with Crippen LogP contribution in [0.15, 0.2) is 48.8 Å². The first kappa shape index (κ1) is 20.5. The van der Waals surface area contributed by atoms with E-state index in [1.54, 1.807) is 0 Å². The standard InChI is InChI=1S/C24H29N5S/c1-5-6-14-28-22(21(27-24(28)30)20-11-7-8-12-25-20)19-15-17(3)29(18(19)4)23-16(2)10-9-13-26-23/h7-13,15,21-22H,5-6,14H2,1-4H3,(H,27,30). The maximum absolute atomic E-state index is 5.77. The fraction of sp³-hybridized carbons (Fsp3) is 0.375. The maximum atomic E-state index is 5.77. The third kappa shape index (κ3) is 3.60. The van der Waals surface area contributed by atoms with Gasteiger partial charge in [-0.25, -0.2) is 4.98 Å². The molecule has 30 heavy (non-hydrogen) atoms. The summed E-state index contributed by atoms with van der Waals surface area (Å²) in [6.45, 7) is 9.59.